The largest absolute Gasteiger partial charge is 0.391 e. The van der Waals surface area contributed by atoms with Crippen molar-refractivity contribution >= 4 is 5.91 Å². The quantitative estimate of drug-likeness (QED) is 0.746. The second-order valence-corrected chi connectivity index (χ2v) is 6.32. The maximum absolute atomic E-state index is 12.0. The molecule has 1 fully saturated rings. The molecule has 2 N–H and O–H groups in total. The van der Waals surface area contributed by atoms with Crippen LogP contribution in [0.15, 0.2) is 0 Å². The number of carbonyl (C=O) groups excluding carboxylic acids is 1. The van der Waals surface area contributed by atoms with Gasteiger partial charge in [-0.2, -0.15) is 0 Å². The topological polar surface area (TPSA) is 49.3 Å². The van der Waals surface area contributed by atoms with E-state index in [1.165, 1.54) is 25.7 Å². The molecule has 3 nitrogen and oxygen atoms in total. The van der Waals surface area contributed by atoms with Crippen molar-refractivity contribution in [1.82, 2.24) is 5.32 Å². The third-order valence-electron chi connectivity index (χ3n) is 3.70. The van der Waals surface area contributed by atoms with Crippen molar-refractivity contribution < 1.29 is 9.90 Å². The van der Waals surface area contributed by atoms with Gasteiger partial charge in [0.1, 0.15) is 0 Å². The first kappa shape index (κ1) is 14.5. The lowest BCUT2D eigenvalue weighted by atomic mass is 9.89. The van der Waals surface area contributed by atoms with E-state index in [0.29, 0.717) is 6.54 Å². The van der Waals surface area contributed by atoms with Gasteiger partial charge in [-0.1, -0.05) is 46.5 Å². The molecule has 0 saturated heterocycles. The van der Waals surface area contributed by atoms with E-state index < -0.39 is 6.10 Å². The fourth-order valence-corrected chi connectivity index (χ4v) is 2.19. The molecule has 1 aliphatic rings. The number of aliphatic hydroxyl groups is 1. The highest BCUT2D eigenvalue weighted by atomic mass is 16.3. The average Bonchev–Trinajstić information content (AvgIpc) is 2.52. The Kier molecular flexibility index (Phi) is 5.44. The lowest BCUT2D eigenvalue weighted by Gasteiger charge is -2.26. The van der Waals surface area contributed by atoms with Crippen molar-refractivity contribution in [2.45, 2.75) is 65.4 Å². The molecule has 1 atom stereocenters. The van der Waals surface area contributed by atoms with E-state index in [9.17, 15) is 9.90 Å². The second kappa shape index (κ2) is 6.39. The van der Waals surface area contributed by atoms with Gasteiger partial charge in [0, 0.05) is 12.5 Å². The van der Waals surface area contributed by atoms with Crippen molar-refractivity contribution in [3.05, 3.63) is 0 Å². The zero-order valence-corrected chi connectivity index (χ0v) is 11.5. The minimum atomic E-state index is -0.475. The molecule has 0 radical (unpaired) electrons. The number of hydrogen-bond acceptors (Lipinski definition) is 2. The van der Waals surface area contributed by atoms with E-state index in [4.69, 9.17) is 0 Å². The van der Waals surface area contributed by atoms with Crippen molar-refractivity contribution in [3.63, 3.8) is 0 Å². The first-order chi connectivity index (χ1) is 7.91. The van der Waals surface area contributed by atoms with Crippen molar-refractivity contribution in [2.24, 2.45) is 11.3 Å². The molecule has 1 saturated carbocycles. The van der Waals surface area contributed by atoms with Crippen LogP contribution in [-0.4, -0.2) is 23.7 Å². The van der Waals surface area contributed by atoms with Crippen LogP contribution in [0, 0.1) is 11.3 Å². The Balaban J connectivity index is 2.33. The van der Waals surface area contributed by atoms with Crippen LogP contribution in [-0.2, 0) is 4.79 Å². The van der Waals surface area contributed by atoms with E-state index in [0.717, 1.165) is 12.8 Å². The molecule has 3 heteroatoms. The third kappa shape index (κ3) is 5.07. The molecule has 0 aromatic carbocycles. The van der Waals surface area contributed by atoms with Gasteiger partial charge in [0.2, 0.25) is 5.91 Å². The van der Waals surface area contributed by atoms with Crippen LogP contribution in [0.3, 0.4) is 0 Å². The number of aliphatic hydroxyl groups excluding tert-OH is 1. The molecular formula is C14H27NO2. The molecule has 1 rings (SSSR count). The fraction of sp³-hybridized carbons (Fsp3) is 0.929. The maximum Gasteiger partial charge on any atom is 0.223 e. The van der Waals surface area contributed by atoms with Gasteiger partial charge in [0.25, 0.3) is 0 Å². The predicted octanol–water partition coefficient (Wildman–Crippen LogP) is 2.48. The summed E-state index contributed by atoms with van der Waals surface area (Å²) in [6.45, 7) is 6.32. The maximum atomic E-state index is 12.0. The number of rotatable bonds is 3. The molecule has 0 spiro atoms. The Hall–Kier alpha value is -0.570. The summed E-state index contributed by atoms with van der Waals surface area (Å²) in [5.74, 6) is 0.305. The average molecular weight is 241 g/mol. The van der Waals surface area contributed by atoms with Crippen LogP contribution in [0.5, 0.6) is 0 Å². The monoisotopic (exact) mass is 241 g/mol. The van der Waals surface area contributed by atoms with Crippen LogP contribution in [0.2, 0.25) is 0 Å². The van der Waals surface area contributed by atoms with Crippen molar-refractivity contribution in [3.8, 4) is 0 Å². The molecule has 0 heterocycles. The van der Waals surface area contributed by atoms with Gasteiger partial charge in [-0.3, -0.25) is 4.79 Å². The third-order valence-corrected chi connectivity index (χ3v) is 3.70. The Morgan fingerprint density at radius 3 is 2.24 bits per heavy atom. The van der Waals surface area contributed by atoms with Gasteiger partial charge < -0.3 is 10.4 Å². The van der Waals surface area contributed by atoms with Crippen LogP contribution in [0.4, 0.5) is 0 Å². The zero-order chi connectivity index (χ0) is 12.9. The molecule has 1 unspecified atom stereocenters. The van der Waals surface area contributed by atoms with Gasteiger partial charge in [-0.25, -0.2) is 0 Å². The van der Waals surface area contributed by atoms with Crippen LogP contribution in [0.25, 0.3) is 0 Å². The smallest absolute Gasteiger partial charge is 0.223 e. The summed E-state index contributed by atoms with van der Waals surface area (Å²) in [6.07, 6.45) is 6.40. The van der Waals surface area contributed by atoms with Crippen molar-refractivity contribution in [2.75, 3.05) is 6.54 Å². The summed E-state index contributed by atoms with van der Waals surface area (Å²) in [7, 11) is 0. The van der Waals surface area contributed by atoms with E-state index in [1.54, 1.807) is 0 Å². The molecule has 17 heavy (non-hydrogen) atoms. The summed E-state index contributed by atoms with van der Waals surface area (Å²) in [5.41, 5.74) is -0.170. The number of hydrogen-bond donors (Lipinski definition) is 2. The highest BCUT2D eigenvalue weighted by Gasteiger charge is 2.24. The first-order valence-corrected chi connectivity index (χ1v) is 6.87. The standard InChI is InChI=1S/C14H27NO2/c1-14(2,3)12(16)10-15-13(17)11-8-6-4-5-7-9-11/h11-12,16H,4-10H2,1-3H3,(H,15,17). The van der Waals surface area contributed by atoms with E-state index in [-0.39, 0.29) is 17.2 Å². The first-order valence-electron chi connectivity index (χ1n) is 6.87. The second-order valence-electron chi connectivity index (χ2n) is 6.32. The molecule has 0 aliphatic heterocycles. The lowest BCUT2D eigenvalue weighted by molar-refractivity contribution is -0.126. The van der Waals surface area contributed by atoms with E-state index in [2.05, 4.69) is 5.32 Å². The van der Waals surface area contributed by atoms with Gasteiger partial charge in [-0.05, 0) is 18.3 Å². The summed E-state index contributed by atoms with van der Waals surface area (Å²) < 4.78 is 0. The molecule has 0 aromatic heterocycles. The van der Waals surface area contributed by atoms with Crippen LogP contribution < -0.4 is 5.32 Å². The van der Waals surface area contributed by atoms with E-state index >= 15 is 0 Å². The normalized spacial score (nSPS) is 20.7. The summed E-state index contributed by atoms with van der Waals surface area (Å²) in [5, 5.41) is 12.8. The van der Waals surface area contributed by atoms with Crippen molar-refractivity contribution in [1.29, 1.82) is 0 Å². The number of amides is 1. The minimum Gasteiger partial charge on any atom is -0.391 e. The molecule has 0 bridgehead atoms. The van der Waals surface area contributed by atoms with Crippen LogP contribution >= 0.6 is 0 Å². The Morgan fingerprint density at radius 2 is 1.76 bits per heavy atom. The zero-order valence-electron chi connectivity index (χ0n) is 11.5. The minimum absolute atomic E-state index is 0.134. The predicted molar refractivity (Wildman–Crippen MR) is 69.7 cm³/mol. The van der Waals surface area contributed by atoms with Gasteiger partial charge in [0.05, 0.1) is 6.10 Å². The summed E-state index contributed by atoms with van der Waals surface area (Å²) in [4.78, 5) is 12.0. The van der Waals surface area contributed by atoms with Gasteiger partial charge in [-0.15, -0.1) is 0 Å². The van der Waals surface area contributed by atoms with Gasteiger partial charge in [0.15, 0.2) is 0 Å². The Morgan fingerprint density at radius 1 is 1.24 bits per heavy atom. The molecular weight excluding hydrogens is 214 g/mol. The van der Waals surface area contributed by atoms with Gasteiger partial charge >= 0.3 is 0 Å². The number of carbonyl (C=O) groups is 1. The molecule has 1 amide bonds. The van der Waals surface area contributed by atoms with E-state index in [1.807, 2.05) is 20.8 Å². The Bertz CT molecular complexity index is 237. The number of nitrogens with one attached hydrogen (secondary N) is 1. The lowest BCUT2D eigenvalue weighted by Crippen LogP contribution is -2.41. The highest BCUT2D eigenvalue weighted by Crippen LogP contribution is 2.23. The summed E-state index contributed by atoms with van der Waals surface area (Å²) in [6, 6.07) is 0. The molecule has 100 valence electrons. The molecule has 0 aromatic rings. The Labute approximate surface area is 105 Å². The van der Waals surface area contributed by atoms with Crippen LogP contribution in [0.1, 0.15) is 59.3 Å². The SMILES string of the molecule is CC(C)(C)C(O)CNC(=O)C1CCCCCC1. The summed E-state index contributed by atoms with van der Waals surface area (Å²) >= 11 is 0. The molecule has 1 aliphatic carbocycles. The highest BCUT2D eigenvalue weighted by molar-refractivity contribution is 5.78. The fourth-order valence-electron chi connectivity index (χ4n) is 2.19.